The number of carbonyl (C=O) groups is 1. The van der Waals surface area contributed by atoms with Crippen molar-refractivity contribution in [2.24, 2.45) is 0 Å². The van der Waals surface area contributed by atoms with Crippen LogP contribution in [0.4, 0.5) is 11.4 Å². The molecule has 0 atom stereocenters. The van der Waals surface area contributed by atoms with Gasteiger partial charge in [0.25, 0.3) is 5.69 Å². The molecule has 1 aromatic heterocycles. The van der Waals surface area contributed by atoms with E-state index in [9.17, 15) is 14.9 Å². The number of hydrogen-bond acceptors (Lipinski definition) is 5. The third-order valence-electron chi connectivity index (χ3n) is 3.60. The number of non-ortho nitro benzene ring substituents is 1. The van der Waals surface area contributed by atoms with Gasteiger partial charge in [-0.3, -0.25) is 19.9 Å². The van der Waals surface area contributed by atoms with Crippen LogP contribution in [0.3, 0.4) is 0 Å². The summed E-state index contributed by atoms with van der Waals surface area (Å²) in [5.41, 5.74) is 2.70. The van der Waals surface area contributed by atoms with Crippen molar-refractivity contribution in [3.63, 3.8) is 0 Å². The number of carbonyl (C=O) groups excluding carboxylic acids is 1. The maximum atomic E-state index is 12.1. The van der Waals surface area contributed by atoms with Crippen molar-refractivity contribution in [1.29, 1.82) is 0 Å². The molecule has 1 N–H and O–H groups in total. The molecule has 0 unspecified atom stereocenters. The van der Waals surface area contributed by atoms with Crippen molar-refractivity contribution < 1.29 is 9.72 Å². The van der Waals surface area contributed by atoms with E-state index in [2.05, 4.69) is 10.3 Å². The summed E-state index contributed by atoms with van der Waals surface area (Å²) < 4.78 is 0. The van der Waals surface area contributed by atoms with Crippen molar-refractivity contribution in [2.45, 2.75) is 19.3 Å². The molecule has 0 amide bonds. The molecular weight excluding hydrogens is 258 g/mol. The quantitative estimate of drug-likeness (QED) is 0.670. The predicted molar refractivity (Wildman–Crippen MR) is 75.2 cm³/mol. The van der Waals surface area contributed by atoms with Gasteiger partial charge in [-0.15, -0.1) is 0 Å². The van der Waals surface area contributed by atoms with Crippen LogP contribution >= 0.6 is 0 Å². The third kappa shape index (κ3) is 1.80. The number of nitrogens with zero attached hydrogens (tertiary/aromatic N) is 2. The third-order valence-corrected chi connectivity index (χ3v) is 3.60. The van der Waals surface area contributed by atoms with E-state index in [1.54, 1.807) is 13.1 Å². The molecule has 1 aromatic carbocycles. The van der Waals surface area contributed by atoms with Gasteiger partial charge in [-0.25, -0.2) is 0 Å². The Balaban J connectivity index is 2.36. The standard InChI is InChI=1S/C14H13N3O3/c1-15-14-9-7-8(17(19)20)5-6-10(9)16-11-3-2-4-12(18)13(11)14/h5-7H,2-4H2,1H3,(H,15,16). The molecule has 0 aliphatic heterocycles. The van der Waals surface area contributed by atoms with E-state index >= 15 is 0 Å². The first kappa shape index (κ1) is 12.5. The molecule has 3 rings (SSSR count). The summed E-state index contributed by atoms with van der Waals surface area (Å²) in [6.07, 6.45) is 2.08. The van der Waals surface area contributed by atoms with Crippen LogP contribution in [0.15, 0.2) is 18.2 Å². The molecule has 102 valence electrons. The van der Waals surface area contributed by atoms with Crippen LogP contribution in [0.5, 0.6) is 0 Å². The van der Waals surface area contributed by atoms with Gasteiger partial charge in [-0.2, -0.15) is 0 Å². The number of rotatable bonds is 2. The summed E-state index contributed by atoms with van der Waals surface area (Å²) in [7, 11) is 1.72. The number of pyridine rings is 1. The lowest BCUT2D eigenvalue weighted by Gasteiger charge is -2.19. The average Bonchev–Trinajstić information content (AvgIpc) is 2.44. The molecule has 0 fully saturated rings. The number of benzene rings is 1. The van der Waals surface area contributed by atoms with Gasteiger partial charge in [0.05, 0.1) is 27.4 Å². The van der Waals surface area contributed by atoms with Crippen molar-refractivity contribution in [1.82, 2.24) is 4.98 Å². The highest BCUT2D eigenvalue weighted by Crippen LogP contribution is 2.34. The number of fused-ring (bicyclic) bond motifs is 2. The lowest BCUT2D eigenvalue weighted by molar-refractivity contribution is -0.384. The van der Waals surface area contributed by atoms with Crippen molar-refractivity contribution in [3.8, 4) is 0 Å². The molecule has 0 radical (unpaired) electrons. The van der Waals surface area contributed by atoms with Crippen LogP contribution in [0, 0.1) is 10.1 Å². The van der Waals surface area contributed by atoms with E-state index in [0.29, 0.717) is 28.6 Å². The monoisotopic (exact) mass is 271 g/mol. The molecule has 1 heterocycles. The number of Topliss-reactive ketones (excluding diaryl/α,β-unsaturated/α-hetero) is 1. The highest BCUT2D eigenvalue weighted by atomic mass is 16.6. The second-order valence-electron chi connectivity index (χ2n) is 4.79. The number of aryl methyl sites for hydroxylation is 1. The van der Waals surface area contributed by atoms with Gasteiger partial charge in [0.15, 0.2) is 5.78 Å². The number of hydrogen-bond donors (Lipinski definition) is 1. The van der Waals surface area contributed by atoms with E-state index in [4.69, 9.17) is 0 Å². The van der Waals surface area contributed by atoms with Gasteiger partial charge in [-0.05, 0) is 18.9 Å². The number of nitrogens with one attached hydrogen (secondary N) is 1. The first-order valence-corrected chi connectivity index (χ1v) is 6.44. The van der Waals surface area contributed by atoms with E-state index in [1.165, 1.54) is 12.1 Å². The van der Waals surface area contributed by atoms with Gasteiger partial charge >= 0.3 is 0 Å². The summed E-state index contributed by atoms with van der Waals surface area (Å²) in [5.74, 6) is 0.0523. The summed E-state index contributed by atoms with van der Waals surface area (Å²) in [6, 6.07) is 4.54. The van der Waals surface area contributed by atoms with Gasteiger partial charge in [0.2, 0.25) is 0 Å². The van der Waals surface area contributed by atoms with Gasteiger partial charge < -0.3 is 5.32 Å². The van der Waals surface area contributed by atoms with Gasteiger partial charge in [-0.1, -0.05) is 0 Å². The largest absolute Gasteiger partial charge is 0.387 e. The number of anilines is 1. The van der Waals surface area contributed by atoms with E-state index in [0.717, 1.165) is 18.5 Å². The highest BCUT2D eigenvalue weighted by molar-refractivity contribution is 6.10. The Morgan fingerprint density at radius 1 is 1.35 bits per heavy atom. The van der Waals surface area contributed by atoms with Gasteiger partial charge in [0, 0.05) is 31.0 Å². The van der Waals surface area contributed by atoms with Crippen LogP contribution in [-0.4, -0.2) is 22.7 Å². The molecule has 0 spiro atoms. The molecule has 20 heavy (non-hydrogen) atoms. The number of aromatic nitrogens is 1. The van der Waals surface area contributed by atoms with Crippen molar-refractivity contribution >= 4 is 28.1 Å². The number of nitro benzene ring substituents is 1. The number of ketones is 1. The Morgan fingerprint density at radius 3 is 2.85 bits per heavy atom. The fourth-order valence-electron chi connectivity index (χ4n) is 2.70. The molecule has 6 nitrogen and oxygen atoms in total. The van der Waals surface area contributed by atoms with Gasteiger partial charge in [0.1, 0.15) is 0 Å². The Bertz CT molecular complexity index is 740. The first-order valence-electron chi connectivity index (χ1n) is 6.44. The van der Waals surface area contributed by atoms with Crippen molar-refractivity contribution in [3.05, 3.63) is 39.6 Å². The number of nitro groups is 1. The summed E-state index contributed by atoms with van der Waals surface area (Å²) in [4.78, 5) is 27.1. The SMILES string of the molecule is CNc1c2c(nc3ccc([N+](=O)[O-])cc13)CCCC2=O. The Hall–Kier alpha value is -2.50. The summed E-state index contributed by atoms with van der Waals surface area (Å²) >= 11 is 0. The van der Waals surface area contributed by atoms with Crippen molar-refractivity contribution in [2.75, 3.05) is 12.4 Å². The molecular formula is C14H13N3O3. The fourth-order valence-corrected chi connectivity index (χ4v) is 2.70. The minimum atomic E-state index is -0.444. The smallest absolute Gasteiger partial charge is 0.270 e. The minimum absolute atomic E-state index is 0.000918. The highest BCUT2D eigenvalue weighted by Gasteiger charge is 2.24. The summed E-state index contributed by atoms with van der Waals surface area (Å²) in [5, 5.41) is 14.5. The van der Waals surface area contributed by atoms with E-state index < -0.39 is 4.92 Å². The molecule has 2 aromatic rings. The normalized spacial score (nSPS) is 14.2. The van der Waals surface area contributed by atoms with E-state index in [-0.39, 0.29) is 11.5 Å². The maximum Gasteiger partial charge on any atom is 0.270 e. The second-order valence-corrected chi connectivity index (χ2v) is 4.79. The van der Waals surface area contributed by atoms with Crippen LogP contribution in [0.1, 0.15) is 28.9 Å². The van der Waals surface area contributed by atoms with E-state index in [1.807, 2.05) is 0 Å². The molecule has 6 heteroatoms. The van der Waals surface area contributed by atoms with Crippen LogP contribution in [-0.2, 0) is 6.42 Å². The van der Waals surface area contributed by atoms with Crippen LogP contribution < -0.4 is 5.32 Å². The first-order chi connectivity index (χ1) is 9.61. The second kappa shape index (κ2) is 4.56. The zero-order valence-corrected chi connectivity index (χ0v) is 11.0. The topological polar surface area (TPSA) is 85.1 Å². The molecule has 0 saturated carbocycles. The van der Waals surface area contributed by atoms with Crippen LogP contribution in [0.2, 0.25) is 0 Å². The van der Waals surface area contributed by atoms with Crippen LogP contribution in [0.25, 0.3) is 10.9 Å². The Kier molecular flexibility index (Phi) is 2.85. The molecule has 0 saturated heterocycles. The fraction of sp³-hybridized carbons (Fsp3) is 0.286. The predicted octanol–water partition coefficient (Wildman–Crippen LogP) is 2.70. The maximum absolute atomic E-state index is 12.1. The summed E-state index contributed by atoms with van der Waals surface area (Å²) in [6.45, 7) is 0. The lowest BCUT2D eigenvalue weighted by atomic mass is 9.91. The molecule has 1 aliphatic carbocycles. The minimum Gasteiger partial charge on any atom is -0.387 e. The average molecular weight is 271 g/mol. The molecule has 1 aliphatic rings. The Morgan fingerprint density at radius 2 is 2.15 bits per heavy atom. The lowest BCUT2D eigenvalue weighted by Crippen LogP contribution is -2.15. The zero-order valence-electron chi connectivity index (χ0n) is 11.0. The molecule has 0 bridgehead atoms. The zero-order chi connectivity index (χ0) is 14.3. The Labute approximate surface area is 115 Å².